The van der Waals surface area contributed by atoms with Crippen LogP contribution in [0.5, 0.6) is 0 Å². The van der Waals surface area contributed by atoms with Crippen molar-refractivity contribution in [2.24, 2.45) is 0 Å². The second-order valence-corrected chi connectivity index (χ2v) is 4.02. The fourth-order valence-corrected chi connectivity index (χ4v) is 1.80. The van der Waals surface area contributed by atoms with Crippen LogP contribution in [0.4, 0.5) is 5.69 Å². The lowest BCUT2D eigenvalue weighted by Crippen LogP contribution is -2.47. The molecule has 2 rings (SSSR count). The quantitative estimate of drug-likeness (QED) is 0.808. The van der Waals surface area contributed by atoms with Gasteiger partial charge in [0.2, 0.25) is 0 Å². The molecule has 2 amide bonds. The van der Waals surface area contributed by atoms with Crippen LogP contribution in [0.25, 0.3) is 0 Å². The number of carbonyl (C=O) groups is 3. The molecule has 1 heterocycles. The summed E-state index contributed by atoms with van der Waals surface area (Å²) in [7, 11) is 0. The zero-order valence-corrected chi connectivity index (χ0v) is 9.81. The summed E-state index contributed by atoms with van der Waals surface area (Å²) in [4.78, 5) is 35.1. The Balaban J connectivity index is 2.54. The normalized spacial score (nSPS) is 15.9. The average Bonchev–Trinajstić information content (AvgIpc) is 2.28. The molecule has 1 aromatic rings. The molecule has 94 valence electrons. The van der Waals surface area contributed by atoms with Crippen molar-refractivity contribution in [3.05, 3.63) is 28.8 Å². The van der Waals surface area contributed by atoms with Crippen molar-refractivity contribution in [2.45, 2.75) is 0 Å². The van der Waals surface area contributed by atoms with Crippen LogP contribution in [0, 0.1) is 0 Å². The highest BCUT2D eigenvalue weighted by molar-refractivity contribution is 6.31. The number of aromatic carboxylic acids is 1. The van der Waals surface area contributed by atoms with E-state index in [1.807, 2.05) is 0 Å². The van der Waals surface area contributed by atoms with Crippen LogP contribution in [0.2, 0.25) is 5.02 Å². The van der Waals surface area contributed by atoms with Crippen molar-refractivity contribution in [3.63, 3.8) is 0 Å². The number of imide groups is 1. The van der Waals surface area contributed by atoms with Gasteiger partial charge in [-0.1, -0.05) is 11.6 Å². The van der Waals surface area contributed by atoms with Crippen LogP contribution >= 0.6 is 11.6 Å². The van der Waals surface area contributed by atoms with Gasteiger partial charge in [-0.2, -0.15) is 0 Å². The van der Waals surface area contributed by atoms with Crippen LogP contribution in [0.1, 0.15) is 10.4 Å². The number of carboxylic acids is 1. The number of benzene rings is 1. The molecule has 1 aromatic carbocycles. The Morgan fingerprint density at radius 1 is 1.28 bits per heavy atom. The van der Waals surface area contributed by atoms with E-state index in [2.05, 4.69) is 0 Å². The van der Waals surface area contributed by atoms with Gasteiger partial charge in [-0.15, -0.1) is 0 Å². The number of rotatable bonds is 2. The summed E-state index contributed by atoms with van der Waals surface area (Å²) < 4.78 is 4.76. The lowest BCUT2D eigenvalue weighted by atomic mass is 10.1. The van der Waals surface area contributed by atoms with Crippen molar-refractivity contribution in [1.82, 2.24) is 0 Å². The zero-order chi connectivity index (χ0) is 13.3. The first kappa shape index (κ1) is 12.5. The second kappa shape index (κ2) is 4.75. The first-order valence-corrected chi connectivity index (χ1v) is 5.35. The number of carbonyl (C=O) groups excluding carboxylic acids is 2. The highest BCUT2D eigenvalue weighted by Gasteiger charge is 2.31. The van der Waals surface area contributed by atoms with Gasteiger partial charge in [0.15, 0.2) is 0 Å². The third kappa shape index (κ3) is 2.20. The van der Waals surface area contributed by atoms with Gasteiger partial charge in [-0.25, -0.2) is 9.69 Å². The molecule has 0 aliphatic carbocycles. The molecule has 0 saturated carbocycles. The number of carboxylic acid groups (broad SMARTS) is 1. The van der Waals surface area contributed by atoms with E-state index in [9.17, 15) is 14.4 Å². The third-order valence-electron chi connectivity index (χ3n) is 2.38. The molecule has 1 aliphatic heterocycles. The molecular weight excluding hydrogens is 262 g/mol. The molecule has 6 nitrogen and oxygen atoms in total. The highest BCUT2D eigenvalue weighted by Crippen LogP contribution is 2.26. The molecule has 0 unspecified atom stereocenters. The predicted octanol–water partition coefficient (Wildman–Crippen LogP) is 0.928. The number of hydrogen-bond acceptors (Lipinski definition) is 4. The van der Waals surface area contributed by atoms with E-state index in [4.69, 9.17) is 21.4 Å². The summed E-state index contributed by atoms with van der Waals surface area (Å²) in [6, 6.07) is 3.89. The van der Waals surface area contributed by atoms with E-state index >= 15 is 0 Å². The van der Waals surface area contributed by atoms with Crippen molar-refractivity contribution in [1.29, 1.82) is 0 Å². The maximum Gasteiger partial charge on any atom is 0.337 e. The number of halogens is 1. The Labute approximate surface area is 107 Å². The van der Waals surface area contributed by atoms with Crippen LogP contribution in [-0.4, -0.2) is 36.1 Å². The molecule has 18 heavy (non-hydrogen) atoms. The van der Waals surface area contributed by atoms with Gasteiger partial charge >= 0.3 is 5.97 Å². The maximum absolute atomic E-state index is 11.6. The molecule has 0 bridgehead atoms. The monoisotopic (exact) mass is 269 g/mol. The van der Waals surface area contributed by atoms with E-state index in [0.717, 1.165) is 4.90 Å². The SMILES string of the molecule is O=C(O)c1ccc(Cl)cc1N1C(=O)COCC1=O. The lowest BCUT2D eigenvalue weighted by molar-refractivity contribution is -0.138. The van der Waals surface area contributed by atoms with E-state index in [-0.39, 0.29) is 29.5 Å². The third-order valence-corrected chi connectivity index (χ3v) is 2.62. The van der Waals surface area contributed by atoms with Gasteiger partial charge in [-0.05, 0) is 18.2 Å². The van der Waals surface area contributed by atoms with Gasteiger partial charge in [-0.3, -0.25) is 9.59 Å². The standard InChI is InChI=1S/C11H8ClNO5/c12-6-1-2-7(11(16)17)8(3-6)13-9(14)4-18-5-10(13)15/h1-3H,4-5H2,(H,16,17). The number of morpholine rings is 1. The summed E-state index contributed by atoms with van der Waals surface area (Å²) in [5.74, 6) is -2.47. The molecule has 7 heteroatoms. The molecule has 0 aromatic heterocycles. The van der Waals surface area contributed by atoms with Crippen LogP contribution in [0.3, 0.4) is 0 Å². The molecule has 1 N–H and O–H groups in total. The summed E-state index contributed by atoms with van der Waals surface area (Å²) >= 11 is 5.76. The molecule has 0 atom stereocenters. The second-order valence-electron chi connectivity index (χ2n) is 3.58. The Morgan fingerprint density at radius 2 is 1.89 bits per heavy atom. The lowest BCUT2D eigenvalue weighted by Gasteiger charge is -2.26. The first-order valence-electron chi connectivity index (χ1n) is 4.97. The van der Waals surface area contributed by atoms with Gasteiger partial charge in [0.05, 0.1) is 11.3 Å². The Kier molecular flexibility index (Phi) is 3.31. The molecule has 1 fully saturated rings. The van der Waals surface area contributed by atoms with E-state index in [1.165, 1.54) is 18.2 Å². The minimum absolute atomic E-state index is 0.0340. The predicted molar refractivity (Wildman–Crippen MR) is 61.7 cm³/mol. The Bertz CT molecular complexity index is 526. The van der Waals surface area contributed by atoms with Crippen LogP contribution in [0.15, 0.2) is 18.2 Å². The summed E-state index contributed by atoms with van der Waals surface area (Å²) in [5.41, 5.74) is -0.198. The minimum Gasteiger partial charge on any atom is -0.478 e. The van der Waals surface area contributed by atoms with E-state index in [1.54, 1.807) is 0 Å². The van der Waals surface area contributed by atoms with Crippen molar-refractivity contribution in [2.75, 3.05) is 18.1 Å². The molecule has 0 spiro atoms. The number of amides is 2. The Hall–Kier alpha value is -1.92. The Morgan fingerprint density at radius 3 is 2.44 bits per heavy atom. The average molecular weight is 270 g/mol. The fraction of sp³-hybridized carbons (Fsp3) is 0.182. The van der Waals surface area contributed by atoms with Crippen LogP contribution < -0.4 is 4.90 Å². The number of hydrogen-bond donors (Lipinski definition) is 1. The van der Waals surface area contributed by atoms with Crippen molar-refractivity contribution in [3.8, 4) is 0 Å². The molecule has 0 radical (unpaired) electrons. The number of anilines is 1. The summed E-state index contributed by atoms with van der Waals surface area (Å²) in [6.07, 6.45) is 0. The van der Waals surface area contributed by atoms with Gasteiger partial charge in [0, 0.05) is 5.02 Å². The van der Waals surface area contributed by atoms with Crippen molar-refractivity contribution >= 4 is 35.1 Å². The first-order chi connectivity index (χ1) is 8.50. The van der Waals surface area contributed by atoms with Crippen molar-refractivity contribution < 1.29 is 24.2 Å². The number of ether oxygens (including phenoxy) is 1. The smallest absolute Gasteiger partial charge is 0.337 e. The number of nitrogens with zero attached hydrogens (tertiary/aromatic N) is 1. The van der Waals surface area contributed by atoms with Gasteiger partial charge in [0.1, 0.15) is 13.2 Å². The highest BCUT2D eigenvalue weighted by atomic mass is 35.5. The van der Waals surface area contributed by atoms with Gasteiger partial charge in [0.25, 0.3) is 11.8 Å². The van der Waals surface area contributed by atoms with Crippen LogP contribution in [-0.2, 0) is 14.3 Å². The molecular formula is C11H8ClNO5. The van der Waals surface area contributed by atoms with E-state index in [0.29, 0.717) is 0 Å². The topological polar surface area (TPSA) is 83.9 Å². The summed E-state index contributed by atoms with van der Waals surface area (Å²) in [5, 5.41) is 9.27. The largest absolute Gasteiger partial charge is 0.478 e. The molecule has 1 aliphatic rings. The minimum atomic E-state index is -1.24. The van der Waals surface area contributed by atoms with E-state index < -0.39 is 17.8 Å². The maximum atomic E-state index is 11.6. The zero-order valence-electron chi connectivity index (χ0n) is 9.05. The van der Waals surface area contributed by atoms with Gasteiger partial charge < -0.3 is 9.84 Å². The summed E-state index contributed by atoms with van der Waals surface area (Å²) in [6.45, 7) is -0.533. The fourth-order valence-electron chi connectivity index (χ4n) is 1.63. The molecule has 1 saturated heterocycles.